The van der Waals surface area contributed by atoms with Gasteiger partial charge < -0.3 is 50.8 Å². The van der Waals surface area contributed by atoms with Crippen molar-refractivity contribution in [3.63, 3.8) is 0 Å². The van der Waals surface area contributed by atoms with Crippen molar-refractivity contribution in [3.8, 4) is 0 Å². The van der Waals surface area contributed by atoms with E-state index < -0.39 is 85.8 Å². The Morgan fingerprint density at radius 3 is 1.27 bits per heavy atom. The minimum absolute atomic E-state index is 0.868. The maximum atomic E-state index is 11.9. The summed E-state index contributed by atoms with van der Waals surface area (Å²) >= 11 is 0. The molecule has 1 rings (SSSR count). The molecule has 0 spiro atoms. The monoisotopic (exact) mass is 438 g/mol. The molecular weight excluding hydrogens is 412 g/mol. The van der Waals surface area contributed by atoms with Gasteiger partial charge in [0, 0.05) is 0 Å². The molecule has 8 atom stereocenters. The molecule has 8 N–H and O–H groups in total. The van der Waals surface area contributed by atoms with Crippen molar-refractivity contribution in [1.82, 2.24) is 0 Å². The highest BCUT2D eigenvalue weighted by Gasteiger charge is 2.36. The van der Waals surface area contributed by atoms with E-state index in [4.69, 9.17) is 20.9 Å². The number of cyclic esters (lactones) is 4. The van der Waals surface area contributed by atoms with Crippen LogP contribution in [-0.2, 0) is 38.1 Å². The van der Waals surface area contributed by atoms with Gasteiger partial charge in [-0.25, -0.2) is 9.59 Å². The molecule has 0 saturated carbocycles. The van der Waals surface area contributed by atoms with Crippen LogP contribution in [0.3, 0.4) is 0 Å². The Labute approximate surface area is 170 Å². The number of rotatable bonds is 0. The smallest absolute Gasteiger partial charge is 0.338 e. The number of carbonyl (C=O) groups is 4. The fourth-order valence-electron chi connectivity index (χ4n) is 2.06. The molecule has 0 aromatic heterocycles. The molecule has 1 fully saturated rings. The van der Waals surface area contributed by atoms with Gasteiger partial charge in [0.05, 0.1) is 0 Å². The lowest BCUT2D eigenvalue weighted by atomic mass is 10.1. The zero-order valence-electron chi connectivity index (χ0n) is 16.2. The first kappa shape index (κ1) is 25.7. The molecule has 0 aromatic carbocycles. The van der Waals surface area contributed by atoms with Crippen molar-refractivity contribution < 1.29 is 58.6 Å². The van der Waals surface area contributed by atoms with Crippen LogP contribution in [0, 0.1) is 0 Å². The van der Waals surface area contributed by atoms with Crippen molar-refractivity contribution in [3.05, 3.63) is 0 Å². The van der Waals surface area contributed by atoms with Gasteiger partial charge in [0.2, 0.25) is 0 Å². The van der Waals surface area contributed by atoms with Gasteiger partial charge in [-0.3, -0.25) is 9.59 Å². The zero-order chi connectivity index (χ0) is 23.2. The second-order valence-corrected chi connectivity index (χ2v) is 6.62. The first-order chi connectivity index (χ1) is 13.9. The third-order valence-corrected chi connectivity index (χ3v) is 4.16. The number of hydrogen-bond acceptors (Lipinski definition) is 14. The molecule has 0 radical (unpaired) electrons. The second-order valence-electron chi connectivity index (χ2n) is 6.62. The lowest BCUT2D eigenvalue weighted by molar-refractivity contribution is -0.179. The number of carbonyl (C=O) groups excluding carboxylic acids is 4. The topological polar surface area (TPSA) is 238 Å². The first-order valence-electron chi connectivity index (χ1n) is 8.84. The number of hydrogen-bond donors (Lipinski definition) is 6. The summed E-state index contributed by atoms with van der Waals surface area (Å²) in [6.07, 6.45) is -10.8. The summed E-state index contributed by atoms with van der Waals surface area (Å²) in [5, 5.41) is 39.1. The number of esters is 4. The quantitative estimate of drug-likeness (QED) is 0.153. The van der Waals surface area contributed by atoms with E-state index in [-0.39, 0.29) is 0 Å². The first-order valence-corrected chi connectivity index (χ1v) is 8.84. The van der Waals surface area contributed by atoms with Crippen LogP contribution in [0.5, 0.6) is 0 Å². The van der Waals surface area contributed by atoms with Crippen LogP contribution in [0.4, 0.5) is 0 Å². The van der Waals surface area contributed by atoms with Gasteiger partial charge in [-0.2, -0.15) is 0 Å². The molecule has 14 heteroatoms. The summed E-state index contributed by atoms with van der Waals surface area (Å²) in [7, 11) is 0. The maximum Gasteiger partial charge on any atom is 0.338 e. The van der Waals surface area contributed by atoms with Gasteiger partial charge in [-0.05, 0) is 13.8 Å². The van der Waals surface area contributed by atoms with E-state index in [0.29, 0.717) is 0 Å². The van der Waals surface area contributed by atoms with E-state index >= 15 is 0 Å². The number of ether oxygens (including phenoxy) is 4. The Kier molecular flexibility index (Phi) is 9.54. The highest BCUT2D eigenvalue weighted by molar-refractivity contribution is 5.80. The molecule has 172 valence electrons. The van der Waals surface area contributed by atoms with E-state index in [1.54, 1.807) is 0 Å². The lowest BCUT2D eigenvalue weighted by Gasteiger charge is -2.25. The molecule has 14 nitrogen and oxygen atoms in total. The summed E-state index contributed by atoms with van der Waals surface area (Å²) in [6.45, 7) is 0.634. The van der Waals surface area contributed by atoms with Gasteiger partial charge in [0.1, 0.15) is 49.7 Å². The van der Waals surface area contributed by atoms with Gasteiger partial charge >= 0.3 is 23.9 Å². The Hall–Kier alpha value is -2.36. The Morgan fingerprint density at radius 1 is 0.667 bits per heavy atom. The number of nitrogens with two attached hydrogens (primary N) is 2. The third-order valence-electron chi connectivity index (χ3n) is 4.16. The van der Waals surface area contributed by atoms with Crippen LogP contribution in [0.25, 0.3) is 0 Å². The van der Waals surface area contributed by atoms with Crippen LogP contribution in [0.1, 0.15) is 13.8 Å². The normalized spacial score (nSPS) is 38.4. The largest absolute Gasteiger partial charge is 0.462 e. The number of aliphatic hydroxyl groups excluding tert-OH is 4. The maximum absolute atomic E-state index is 11.9. The molecule has 1 saturated heterocycles. The average Bonchev–Trinajstić information content (AvgIpc) is 2.71. The molecule has 1 aliphatic heterocycles. The summed E-state index contributed by atoms with van der Waals surface area (Å²) in [5.74, 6) is -5.04. The number of aliphatic hydroxyl groups is 4. The van der Waals surface area contributed by atoms with Gasteiger partial charge in [0.25, 0.3) is 0 Å². The van der Waals surface area contributed by atoms with E-state index in [0.717, 1.165) is 0 Å². The van der Waals surface area contributed by atoms with Gasteiger partial charge in [-0.1, -0.05) is 0 Å². The van der Waals surface area contributed by atoms with Crippen LogP contribution >= 0.6 is 0 Å². The molecule has 0 unspecified atom stereocenters. The van der Waals surface area contributed by atoms with Crippen molar-refractivity contribution in [2.45, 2.75) is 62.6 Å². The molecule has 1 aliphatic rings. The highest BCUT2D eigenvalue weighted by atomic mass is 16.6. The van der Waals surface area contributed by atoms with Crippen LogP contribution < -0.4 is 11.5 Å². The van der Waals surface area contributed by atoms with Crippen molar-refractivity contribution in [2.75, 3.05) is 13.2 Å². The SMILES string of the molecule is C[C@H]1OC(=O)[C@H](O)[C@@H](O)COC(=O)[C@@H](N)[C@@H](C)OC(=O)[C@H](O)[C@@H](O)COC(=O)[C@H]1N. The predicted molar refractivity (Wildman–Crippen MR) is 93.0 cm³/mol. The highest BCUT2D eigenvalue weighted by Crippen LogP contribution is 2.09. The molecular formula is C16H26N2O12. The average molecular weight is 438 g/mol. The standard InChI is InChI=1S/C16H26N2O12/c1-5-9(17)13(23)27-3-8(20)12(22)16(26)30-6(2)10(18)14(24)28-4-7(19)11(21)15(25)29-5/h5-12,19-22H,3-4,17-18H2,1-2H3/t5-,6-,7+,8+,9+,10+,11-,12-/m1/s1. The Bertz CT molecular complexity index is 590. The molecule has 0 bridgehead atoms. The minimum atomic E-state index is -2.15. The summed E-state index contributed by atoms with van der Waals surface area (Å²) in [6, 6.07) is -3.13. The van der Waals surface area contributed by atoms with E-state index in [1.165, 1.54) is 13.8 Å². The lowest BCUT2D eigenvalue weighted by Crippen LogP contribution is -2.50. The van der Waals surface area contributed by atoms with Gasteiger partial charge in [-0.15, -0.1) is 0 Å². The second kappa shape index (κ2) is 11.1. The van der Waals surface area contributed by atoms with Crippen LogP contribution in [0.2, 0.25) is 0 Å². The Balaban J connectivity index is 3.01. The van der Waals surface area contributed by atoms with Crippen LogP contribution in [-0.4, -0.2) is 106 Å². The summed E-state index contributed by atoms with van der Waals surface area (Å²) < 4.78 is 18.9. The van der Waals surface area contributed by atoms with Crippen molar-refractivity contribution in [1.29, 1.82) is 0 Å². The summed E-state index contributed by atoms with van der Waals surface area (Å²) in [5.41, 5.74) is 11.1. The fraction of sp³-hybridized carbons (Fsp3) is 0.750. The van der Waals surface area contributed by atoms with E-state index in [9.17, 15) is 39.6 Å². The van der Waals surface area contributed by atoms with Crippen molar-refractivity contribution in [2.24, 2.45) is 11.5 Å². The zero-order valence-corrected chi connectivity index (χ0v) is 16.2. The molecule has 30 heavy (non-hydrogen) atoms. The van der Waals surface area contributed by atoms with E-state index in [1.807, 2.05) is 0 Å². The van der Waals surface area contributed by atoms with E-state index in [2.05, 4.69) is 9.47 Å². The van der Waals surface area contributed by atoms with Crippen LogP contribution in [0.15, 0.2) is 0 Å². The molecule has 0 aliphatic carbocycles. The fourth-order valence-corrected chi connectivity index (χ4v) is 2.06. The van der Waals surface area contributed by atoms with Crippen molar-refractivity contribution >= 4 is 23.9 Å². The predicted octanol–water partition coefficient (Wildman–Crippen LogP) is -4.95. The minimum Gasteiger partial charge on any atom is -0.462 e. The molecule has 0 amide bonds. The molecule has 0 aromatic rings. The summed E-state index contributed by atoms with van der Waals surface area (Å²) in [4.78, 5) is 47.6. The van der Waals surface area contributed by atoms with Gasteiger partial charge in [0.15, 0.2) is 12.2 Å². The third kappa shape index (κ3) is 6.86. The Morgan fingerprint density at radius 2 is 0.967 bits per heavy atom. The molecule has 1 heterocycles.